The molecule has 1 unspecified atom stereocenters. The van der Waals surface area contributed by atoms with Gasteiger partial charge in [0.15, 0.2) is 0 Å². The molecule has 1 atom stereocenters. The average molecular weight is 447 g/mol. The van der Waals surface area contributed by atoms with Crippen LogP contribution < -0.4 is 11.2 Å². The Kier molecular flexibility index (Phi) is 6.26. The van der Waals surface area contributed by atoms with Gasteiger partial charge in [0.05, 0.1) is 6.42 Å². The maximum atomic E-state index is 13.2. The van der Waals surface area contributed by atoms with Crippen molar-refractivity contribution in [1.82, 2.24) is 19.8 Å². The first-order valence-corrected chi connectivity index (χ1v) is 10.8. The van der Waals surface area contributed by atoms with Crippen molar-refractivity contribution in [2.75, 3.05) is 20.1 Å². The van der Waals surface area contributed by atoms with Gasteiger partial charge in [0.1, 0.15) is 6.04 Å². The molecule has 8 heteroatoms. The first-order valence-electron chi connectivity index (χ1n) is 10.8. The number of carbonyl (C=O) groups is 2. The smallest absolute Gasteiger partial charge is 0.325 e. The van der Waals surface area contributed by atoms with Crippen LogP contribution in [0.3, 0.4) is 0 Å². The Balaban J connectivity index is 1.60. The zero-order chi connectivity index (χ0) is 23.5. The zero-order valence-electron chi connectivity index (χ0n) is 18.6. The van der Waals surface area contributed by atoms with Gasteiger partial charge in [0, 0.05) is 37.8 Å². The fourth-order valence-corrected chi connectivity index (χ4v) is 4.23. The van der Waals surface area contributed by atoms with E-state index in [-0.39, 0.29) is 23.8 Å². The van der Waals surface area contributed by atoms with Crippen molar-refractivity contribution in [1.29, 1.82) is 0 Å². The summed E-state index contributed by atoms with van der Waals surface area (Å²) in [6.07, 6.45) is 0.187. The second-order valence-corrected chi connectivity index (χ2v) is 8.32. The van der Waals surface area contributed by atoms with Gasteiger partial charge in [-0.05, 0) is 23.6 Å². The summed E-state index contributed by atoms with van der Waals surface area (Å²) in [7, 11) is 1.73. The highest BCUT2D eigenvalue weighted by Crippen LogP contribution is 2.23. The van der Waals surface area contributed by atoms with Crippen LogP contribution in [-0.4, -0.2) is 57.8 Å². The van der Waals surface area contributed by atoms with Crippen LogP contribution in [0.5, 0.6) is 0 Å². The standard InChI is InChI=1S/C25H26N4O4/c1-16-20(23(31)27-25(33)26-16)15-22(30)29-12-11-28(2)24(32)21(29)14-17-7-6-10-19(13-17)18-8-4-3-5-9-18/h3-10,13,21H,11-12,14-15H2,1-2H3,(H2,26,27,31,33). The van der Waals surface area contributed by atoms with Gasteiger partial charge < -0.3 is 14.8 Å². The van der Waals surface area contributed by atoms with Gasteiger partial charge in [-0.3, -0.25) is 19.4 Å². The van der Waals surface area contributed by atoms with Crippen LogP contribution >= 0.6 is 0 Å². The highest BCUT2D eigenvalue weighted by Gasteiger charge is 2.36. The van der Waals surface area contributed by atoms with Crippen molar-refractivity contribution in [3.8, 4) is 11.1 Å². The van der Waals surface area contributed by atoms with E-state index in [1.165, 1.54) is 0 Å². The van der Waals surface area contributed by atoms with Gasteiger partial charge in [-0.15, -0.1) is 0 Å². The largest absolute Gasteiger partial charge is 0.342 e. The molecule has 1 aliphatic heterocycles. The highest BCUT2D eigenvalue weighted by molar-refractivity contribution is 5.90. The Hall–Kier alpha value is -3.94. The van der Waals surface area contributed by atoms with E-state index < -0.39 is 17.3 Å². The number of rotatable bonds is 5. The molecule has 3 aromatic rings. The normalized spacial score (nSPS) is 16.2. The fraction of sp³-hybridized carbons (Fsp3) is 0.280. The van der Waals surface area contributed by atoms with Crippen molar-refractivity contribution < 1.29 is 9.59 Å². The molecule has 1 aromatic heterocycles. The molecule has 0 aliphatic carbocycles. The number of aromatic nitrogens is 2. The quantitative estimate of drug-likeness (QED) is 0.619. The molecule has 1 saturated heterocycles. The Morgan fingerprint density at radius 2 is 1.70 bits per heavy atom. The number of amides is 2. The Morgan fingerprint density at radius 1 is 0.970 bits per heavy atom. The average Bonchev–Trinajstić information content (AvgIpc) is 2.80. The zero-order valence-corrected chi connectivity index (χ0v) is 18.6. The van der Waals surface area contributed by atoms with Gasteiger partial charge >= 0.3 is 5.69 Å². The molecule has 1 fully saturated rings. The van der Waals surface area contributed by atoms with Gasteiger partial charge in [-0.1, -0.05) is 54.6 Å². The predicted molar refractivity (Wildman–Crippen MR) is 125 cm³/mol. The molecule has 33 heavy (non-hydrogen) atoms. The first-order chi connectivity index (χ1) is 15.8. The van der Waals surface area contributed by atoms with Gasteiger partial charge in [0.25, 0.3) is 5.56 Å². The molecule has 0 saturated carbocycles. The monoisotopic (exact) mass is 446 g/mol. The molecule has 170 valence electrons. The number of hydrogen-bond donors (Lipinski definition) is 2. The SMILES string of the molecule is Cc1[nH]c(=O)[nH]c(=O)c1CC(=O)N1CCN(C)C(=O)C1Cc1cccc(-c2ccccc2)c1. The van der Waals surface area contributed by atoms with Crippen LogP contribution in [0, 0.1) is 6.92 Å². The number of H-pyrrole nitrogens is 2. The van der Waals surface area contributed by atoms with Crippen LogP contribution in [-0.2, 0) is 22.4 Å². The molecule has 0 radical (unpaired) electrons. The van der Waals surface area contributed by atoms with Gasteiger partial charge in [-0.2, -0.15) is 0 Å². The lowest BCUT2D eigenvalue weighted by Gasteiger charge is -2.39. The molecule has 2 N–H and O–H groups in total. The van der Waals surface area contributed by atoms with Crippen molar-refractivity contribution in [2.45, 2.75) is 25.8 Å². The summed E-state index contributed by atoms with van der Waals surface area (Å²) in [6, 6.07) is 17.3. The number of nitrogens with one attached hydrogen (secondary N) is 2. The predicted octanol–water partition coefficient (Wildman–Crippen LogP) is 1.49. The van der Waals surface area contributed by atoms with Gasteiger partial charge in [-0.25, -0.2) is 4.79 Å². The molecule has 2 heterocycles. The van der Waals surface area contributed by atoms with Crippen LogP contribution in [0.15, 0.2) is 64.2 Å². The maximum absolute atomic E-state index is 13.2. The Morgan fingerprint density at radius 3 is 2.42 bits per heavy atom. The number of carbonyl (C=O) groups excluding carboxylic acids is 2. The molecule has 1 aliphatic rings. The summed E-state index contributed by atoms with van der Waals surface area (Å²) in [5.74, 6) is -0.451. The minimum Gasteiger partial charge on any atom is -0.342 e. The Labute approximate surface area is 190 Å². The van der Waals surface area contributed by atoms with Crippen LogP contribution in [0.1, 0.15) is 16.8 Å². The number of nitrogens with zero attached hydrogens (tertiary/aromatic N) is 2. The number of benzene rings is 2. The molecule has 8 nitrogen and oxygen atoms in total. The lowest BCUT2D eigenvalue weighted by molar-refractivity contribution is -0.149. The number of aromatic amines is 2. The number of piperazine rings is 1. The summed E-state index contributed by atoms with van der Waals surface area (Å²) < 4.78 is 0. The molecular weight excluding hydrogens is 420 g/mol. The van der Waals surface area contributed by atoms with Gasteiger partial charge in [0.2, 0.25) is 11.8 Å². The van der Waals surface area contributed by atoms with E-state index in [2.05, 4.69) is 9.97 Å². The lowest BCUT2D eigenvalue weighted by Crippen LogP contribution is -2.58. The van der Waals surface area contributed by atoms with Crippen LogP contribution in [0.4, 0.5) is 0 Å². The van der Waals surface area contributed by atoms with Crippen molar-refractivity contribution >= 4 is 11.8 Å². The highest BCUT2D eigenvalue weighted by atomic mass is 16.2. The van der Waals surface area contributed by atoms with E-state index in [4.69, 9.17) is 0 Å². The number of likely N-dealkylation sites (N-methyl/N-ethyl adjacent to an activating group) is 1. The summed E-state index contributed by atoms with van der Waals surface area (Å²) in [6.45, 7) is 2.39. The third kappa shape index (κ3) is 4.79. The van der Waals surface area contributed by atoms with E-state index in [9.17, 15) is 19.2 Å². The molecule has 2 aromatic carbocycles. The minimum absolute atomic E-state index is 0.133. The number of aryl methyl sites for hydroxylation is 1. The molecule has 2 amide bonds. The molecule has 0 spiro atoms. The van der Waals surface area contributed by atoms with E-state index in [0.29, 0.717) is 25.2 Å². The topological polar surface area (TPSA) is 106 Å². The van der Waals surface area contributed by atoms with E-state index >= 15 is 0 Å². The molecule has 0 bridgehead atoms. The second-order valence-electron chi connectivity index (χ2n) is 8.32. The third-order valence-corrected chi connectivity index (χ3v) is 6.08. The summed E-state index contributed by atoms with van der Waals surface area (Å²) in [5.41, 5.74) is 2.42. The third-order valence-electron chi connectivity index (χ3n) is 6.08. The van der Waals surface area contributed by atoms with E-state index in [1.54, 1.807) is 23.8 Å². The minimum atomic E-state index is -0.663. The summed E-state index contributed by atoms with van der Waals surface area (Å²) in [5, 5.41) is 0. The fourth-order valence-electron chi connectivity index (χ4n) is 4.23. The summed E-state index contributed by atoms with van der Waals surface area (Å²) in [4.78, 5) is 57.8. The summed E-state index contributed by atoms with van der Waals surface area (Å²) >= 11 is 0. The molecular formula is C25H26N4O4. The van der Waals surface area contributed by atoms with Crippen LogP contribution in [0.2, 0.25) is 0 Å². The Bertz CT molecular complexity index is 1300. The molecule has 4 rings (SSSR count). The van der Waals surface area contributed by atoms with E-state index in [0.717, 1.165) is 16.7 Å². The first kappa shape index (κ1) is 22.3. The van der Waals surface area contributed by atoms with Crippen molar-refractivity contribution in [3.63, 3.8) is 0 Å². The second kappa shape index (κ2) is 9.28. The van der Waals surface area contributed by atoms with Crippen molar-refractivity contribution in [2.24, 2.45) is 0 Å². The number of hydrogen-bond acceptors (Lipinski definition) is 4. The lowest BCUT2D eigenvalue weighted by atomic mass is 9.97. The van der Waals surface area contributed by atoms with Crippen molar-refractivity contribution in [3.05, 3.63) is 92.3 Å². The van der Waals surface area contributed by atoms with Crippen LogP contribution in [0.25, 0.3) is 11.1 Å². The maximum Gasteiger partial charge on any atom is 0.325 e. The van der Waals surface area contributed by atoms with E-state index in [1.807, 2.05) is 54.6 Å².